The molecule has 3 aromatic rings. The highest BCUT2D eigenvalue weighted by atomic mass is 19.1. The van der Waals surface area contributed by atoms with Crippen LogP contribution in [0.2, 0.25) is 0 Å². The molecule has 5 nitrogen and oxygen atoms in total. The number of pyridine rings is 1. The third-order valence-electron chi connectivity index (χ3n) is 5.53. The van der Waals surface area contributed by atoms with Gasteiger partial charge in [0, 0.05) is 30.1 Å². The molecule has 1 aliphatic rings. The molecule has 0 spiro atoms. The average Bonchev–Trinajstić information content (AvgIpc) is 3.17. The lowest BCUT2D eigenvalue weighted by Crippen LogP contribution is -2.25. The van der Waals surface area contributed by atoms with E-state index in [0.29, 0.717) is 25.0 Å². The second kappa shape index (κ2) is 7.35. The van der Waals surface area contributed by atoms with E-state index in [1.165, 1.54) is 12.1 Å². The number of hydrogen-bond donors (Lipinski definition) is 2. The zero-order chi connectivity index (χ0) is 20.7. The molecule has 6 heteroatoms. The first-order chi connectivity index (χ1) is 13.8. The summed E-state index contributed by atoms with van der Waals surface area (Å²) in [6, 6.07) is 11.4. The molecule has 0 amide bonds. The molecule has 2 aromatic carbocycles. The number of rotatable bonds is 4. The highest BCUT2D eigenvalue weighted by Gasteiger charge is 2.32. The molecule has 0 unspecified atom stereocenters. The van der Waals surface area contributed by atoms with Crippen LogP contribution in [0.15, 0.2) is 42.5 Å². The van der Waals surface area contributed by atoms with Crippen molar-refractivity contribution in [2.45, 2.75) is 26.2 Å². The van der Waals surface area contributed by atoms with Gasteiger partial charge in [-0.2, -0.15) is 0 Å². The van der Waals surface area contributed by atoms with Crippen LogP contribution in [0.1, 0.15) is 31.7 Å². The summed E-state index contributed by atoms with van der Waals surface area (Å²) in [6.45, 7) is 5.15. The topological polar surface area (TPSA) is 73.7 Å². The predicted molar refractivity (Wildman–Crippen MR) is 111 cm³/mol. The van der Waals surface area contributed by atoms with E-state index < -0.39 is 11.9 Å². The number of halogens is 1. The van der Waals surface area contributed by atoms with Gasteiger partial charge in [-0.1, -0.05) is 26.0 Å². The molecule has 1 aliphatic heterocycles. The molecule has 150 valence electrons. The molecule has 1 aromatic heterocycles. The van der Waals surface area contributed by atoms with Crippen molar-refractivity contribution in [1.29, 1.82) is 0 Å². The number of aliphatic carboxylic acids is 1. The summed E-state index contributed by atoms with van der Waals surface area (Å²) in [4.78, 5) is 18.3. The second-order valence-corrected chi connectivity index (χ2v) is 7.86. The first-order valence-electron chi connectivity index (χ1n) is 9.75. The van der Waals surface area contributed by atoms with E-state index in [-0.39, 0.29) is 17.5 Å². The number of nitrogens with zero attached hydrogens (tertiary/aromatic N) is 2. The Kier molecular flexibility index (Phi) is 4.86. The first kappa shape index (κ1) is 19.2. The molecule has 2 heterocycles. The zero-order valence-corrected chi connectivity index (χ0v) is 16.4. The standard InChI is InChI=1S/C23H23FN2O3/c1-13(2)20-21(14-3-5-16(24)6-4-14)18-8-7-17(27)11-19(18)25-22(20)26-10-9-15(12-26)23(28)29/h3-8,11,13,15,27H,9-10,12H2,1-2H3,(H,28,29)/t15-/m1/s1. The van der Waals surface area contributed by atoms with E-state index in [0.717, 1.165) is 27.9 Å². The summed E-state index contributed by atoms with van der Waals surface area (Å²) in [6.07, 6.45) is 0.568. The van der Waals surface area contributed by atoms with E-state index in [1.807, 2.05) is 11.0 Å². The molecule has 0 radical (unpaired) electrons. The van der Waals surface area contributed by atoms with Crippen LogP contribution in [0.4, 0.5) is 10.2 Å². The molecule has 0 bridgehead atoms. The average molecular weight is 394 g/mol. The van der Waals surface area contributed by atoms with Gasteiger partial charge in [0.2, 0.25) is 0 Å². The number of aromatic hydroxyl groups is 1. The number of phenolic OH excluding ortho intramolecular Hbond substituents is 1. The molecule has 1 atom stereocenters. The van der Waals surface area contributed by atoms with Crippen LogP contribution >= 0.6 is 0 Å². The second-order valence-electron chi connectivity index (χ2n) is 7.86. The Morgan fingerprint density at radius 3 is 2.55 bits per heavy atom. The summed E-state index contributed by atoms with van der Waals surface area (Å²) >= 11 is 0. The van der Waals surface area contributed by atoms with Crippen molar-refractivity contribution in [3.8, 4) is 16.9 Å². The fourth-order valence-electron chi connectivity index (χ4n) is 4.12. The number of anilines is 1. The largest absolute Gasteiger partial charge is 0.508 e. The number of aromatic nitrogens is 1. The molecule has 0 saturated carbocycles. The summed E-state index contributed by atoms with van der Waals surface area (Å²) in [7, 11) is 0. The summed E-state index contributed by atoms with van der Waals surface area (Å²) in [5.41, 5.74) is 3.44. The fourth-order valence-corrected chi connectivity index (χ4v) is 4.12. The van der Waals surface area contributed by atoms with Crippen LogP contribution in [0, 0.1) is 11.7 Å². The van der Waals surface area contributed by atoms with Crippen molar-refractivity contribution >= 4 is 22.7 Å². The Bertz CT molecular complexity index is 1080. The quantitative estimate of drug-likeness (QED) is 0.666. The van der Waals surface area contributed by atoms with Crippen LogP contribution in [0.3, 0.4) is 0 Å². The normalized spacial score (nSPS) is 16.7. The minimum atomic E-state index is -0.796. The zero-order valence-electron chi connectivity index (χ0n) is 16.4. The lowest BCUT2D eigenvalue weighted by atomic mass is 9.89. The smallest absolute Gasteiger partial charge is 0.308 e. The van der Waals surface area contributed by atoms with Crippen molar-refractivity contribution in [3.05, 3.63) is 53.8 Å². The number of carboxylic acid groups (broad SMARTS) is 1. The van der Waals surface area contributed by atoms with Crippen molar-refractivity contribution in [3.63, 3.8) is 0 Å². The Morgan fingerprint density at radius 1 is 1.21 bits per heavy atom. The van der Waals surface area contributed by atoms with Crippen LogP contribution in [-0.2, 0) is 4.79 Å². The van der Waals surface area contributed by atoms with Gasteiger partial charge in [0.05, 0.1) is 11.4 Å². The lowest BCUT2D eigenvalue weighted by molar-refractivity contribution is -0.140. The Morgan fingerprint density at radius 2 is 1.93 bits per heavy atom. The van der Waals surface area contributed by atoms with Gasteiger partial charge in [-0.05, 0) is 47.7 Å². The van der Waals surface area contributed by atoms with Crippen LogP contribution in [0.5, 0.6) is 5.75 Å². The maximum Gasteiger partial charge on any atom is 0.308 e. The van der Waals surface area contributed by atoms with Crippen molar-refractivity contribution in [1.82, 2.24) is 4.98 Å². The number of carboxylic acids is 1. The van der Waals surface area contributed by atoms with Crippen LogP contribution in [0.25, 0.3) is 22.0 Å². The minimum Gasteiger partial charge on any atom is -0.508 e. The monoisotopic (exact) mass is 394 g/mol. The Hall–Kier alpha value is -3.15. The molecule has 29 heavy (non-hydrogen) atoms. The van der Waals surface area contributed by atoms with E-state index in [4.69, 9.17) is 4.98 Å². The maximum atomic E-state index is 13.6. The van der Waals surface area contributed by atoms with E-state index in [1.54, 1.807) is 24.3 Å². The van der Waals surface area contributed by atoms with Crippen molar-refractivity contribution in [2.75, 3.05) is 18.0 Å². The van der Waals surface area contributed by atoms with Gasteiger partial charge >= 0.3 is 5.97 Å². The number of hydrogen-bond acceptors (Lipinski definition) is 4. The Balaban J connectivity index is 1.99. The van der Waals surface area contributed by atoms with Gasteiger partial charge < -0.3 is 15.1 Å². The van der Waals surface area contributed by atoms with Gasteiger partial charge in [-0.25, -0.2) is 9.37 Å². The third kappa shape index (κ3) is 3.50. The molecule has 4 rings (SSSR count). The molecule has 1 saturated heterocycles. The maximum absolute atomic E-state index is 13.6. The van der Waals surface area contributed by atoms with Crippen LogP contribution in [-0.4, -0.2) is 34.3 Å². The van der Waals surface area contributed by atoms with Gasteiger partial charge in [0.15, 0.2) is 0 Å². The highest BCUT2D eigenvalue weighted by molar-refractivity contribution is 5.99. The van der Waals surface area contributed by atoms with Gasteiger partial charge in [0.1, 0.15) is 17.4 Å². The molecular weight excluding hydrogens is 371 g/mol. The number of carbonyl (C=O) groups is 1. The molecule has 0 aliphatic carbocycles. The van der Waals surface area contributed by atoms with E-state index >= 15 is 0 Å². The molecule has 2 N–H and O–H groups in total. The third-order valence-corrected chi connectivity index (χ3v) is 5.53. The van der Waals surface area contributed by atoms with Gasteiger partial charge in [0.25, 0.3) is 0 Å². The van der Waals surface area contributed by atoms with E-state index in [9.17, 15) is 19.4 Å². The fraction of sp³-hybridized carbons (Fsp3) is 0.304. The molecular formula is C23H23FN2O3. The lowest BCUT2D eigenvalue weighted by Gasteiger charge is -2.26. The Labute approximate surface area is 168 Å². The summed E-state index contributed by atoms with van der Waals surface area (Å²) in [5.74, 6) is -0.564. The van der Waals surface area contributed by atoms with E-state index in [2.05, 4.69) is 13.8 Å². The first-order valence-corrected chi connectivity index (χ1v) is 9.75. The van der Waals surface area contributed by atoms with Crippen LogP contribution < -0.4 is 4.90 Å². The predicted octanol–water partition coefficient (Wildman–Crippen LogP) is 4.78. The van der Waals surface area contributed by atoms with Gasteiger partial charge in [-0.15, -0.1) is 0 Å². The number of phenols is 1. The number of fused-ring (bicyclic) bond motifs is 1. The summed E-state index contributed by atoms with van der Waals surface area (Å²) < 4.78 is 13.6. The van der Waals surface area contributed by atoms with Crippen molar-refractivity contribution < 1.29 is 19.4 Å². The number of benzene rings is 2. The van der Waals surface area contributed by atoms with Gasteiger partial charge in [-0.3, -0.25) is 4.79 Å². The minimum absolute atomic E-state index is 0.111. The SMILES string of the molecule is CC(C)c1c(N2CC[C@@H](C(=O)O)C2)nc2cc(O)ccc2c1-c1ccc(F)cc1. The molecule has 1 fully saturated rings. The van der Waals surface area contributed by atoms with Crippen molar-refractivity contribution in [2.24, 2.45) is 5.92 Å². The summed E-state index contributed by atoms with van der Waals surface area (Å²) in [5, 5.41) is 20.3. The highest BCUT2D eigenvalue weighted by Crippen LogP contribution is 2.42.